The van der Waals surface area contributed by atoms with Crippen LogP contribution in [-0.2, 0) is 0 Å². The first-order valence-corrected chi connectivity index (χ1v) is 7.35. The van der Waals surface area contributed by atoms with Crippen LogP contribution < -0.4 is 10.6 Å². The fraction of sp³-hybridized carbons (Fsp3) is 0.471. The minimum absolute atomic E-state index is 0.678. The van der Waals surface area contributed by atoms with Crippen molar-refractivity contribution in [3.05, 3.63) is 41.2 Å². The highest BCUT2D eigenvalue weighted by Gasteiger charge is 2.11. The third kappa shape index (κ3) is 4.31. The van der Waals surface area contributed by atoms with Crippen molar-refractivity contribution in [2.24, 2.45) is 5.73 Å². The van der Waals surface area contributed by atoms with Gasteiger partial charge in [0.2, 0.25) is 0 Å². The van der Waals surface area contributed by atoms with E-state index in [1.54, 1.807) is 0 Å². The van der Waals surface area contributed by atoms with Gasteiger partial charge in [0.15, 0.2) is 0 Å². The molecule has 2 N–H and O–H groups in total. The van der Waals surface area contributed by atoms with Crippen molar-refractivity contribution in [2.75, 3.05) is 11.9 Å². The monoisotopic (exact) mass is 271 g/mol. The Balaban J connectivity index is 3.04. The Morgan fingerprint density at radius 3 is 2.60 bits per heavy atom. The van der Waals surface area contributed by atoms with Crippen LogP contribution in [0.3, 0.4) is 0 Å². The molecule has 1 aromatic rings. The number of allylic oxidation sites excluding steroid dienone is 2. The van der Waals surface area contributed by atoms with Gasteiger partial charge in [-0.1, -0.05) is 32.8 Å². The molecule has 1 aromatic carbocycles. The molecule has 0 aliphatic carbocycles. The second-order valence-corrected chi connectivity index (χ2v) is 5.05. The van der Waals surface area contributed by atoms with Gasteiger partial charge in [-0.2, -0.15) is 5.26 Å². The largest absolute Gasteiger partial charge is 0.401 e. The number of nitrogens with two attached hydrogens (primary N) is 1. The smallest absolute Gasteiger partial charge is 0.0992 e. The maximum Gasteiger partial charge on any atom is 0.0992 e. The Bertz CT molecular complexity index is 497. The topological polar surface area (TPSA) is 53.0 Å². The summed E-state index contributed by atoms with van der Waals surface area (Å²) in [6, 6.07) is 9.84. The van der Waals surface area contributed by atoms with Crippen molar-refractivity contribution in [2.45, 2.75) is 46.0 Å². The van der Waals surface area contributed by atoms with E-state index in [2.05, 4.69) is 24.8 Å². The van der Waals surface area contributed by atoms with Gasteiger partial charge in [-0.25, -0.2) is 0 Å². The molecule has 0 bridgehead atoms. The fourth-order valence-electron chi connectivity index (χ4n) is 2.23. The van der Waals surface area contributed by atoms with E-state index in [0.29, 0.717) is 5.56 Å². The number of nitrogens with zero attached hydrogens (tertiary/aromatic N) is 2. The highest BCUT2D eigenvalue weighted by Crippen LogP contribution is 2.24. The van der Waals surface area contributed by atoms with Crippen molar-refractivity contribution in [1.82, 2.24) is 0 Å². The minimum Gasteiger partial charge on any atom is -0.401 e. The van der Waals surface area contributed by atoms with Gasteiger partial charge in [0.05, 0.1) is 11.6 Å². The molecule has 0 atom stereocenters. The molecule has 0 saturated carbocycles. The summed E-state index contributed by atoms with van der Waals surface area (Å²) in [6.07, 6.45) is 5.22. The van der Waals surface area contributed by atoms with E-state index in [9.17, 15) is 0 Å². The summed E-state index contributed by atoms with van der Waals surface area (Å²) in [5.41, 5.74) is 10.1. The van der Waals surface area contributed by atoms with Crippen LogP contribution in [-0.4, -0.2) is 7.05 Å². The zero-order valence-electron chi connectivity index (χ0n) is 12.8. The van der Waals surface area contributed by atoms with Gasteiger partial charge in [0, 0.05) is 24.1 Å². The molecule has 0 fully saturated rings. The Morgan fingerprint density at radius 1 is 1.25 bits per heavy atom. The Labute approximate surface area is 122 Å². The summed E-state index contributed by atoms with van der Waals surface area (Å²) in [5.74, 6) is 0. The summed E-state index contributed by atoms with van der Waals surface area (Å²) in [6.45, 7) is 4.33. The van der Waals surface area contributed by atoms with Crippen LogP contribution >= 0.6 is 0 Å². The molecule has 3 nitrogen and oxygen atoms in total. The summed E-state index contributed by atoms with van der Waals surface area (Å²) in [4.78, 5) is 2.12. The lowest BCUT2D eigenvalue weighted by molar-refractivity contribution is 0.748. The average Bonchev–Trinajstić information content (AvgIpc) is 2.49. The molecule has 0 aliphatic heterocycles. The fourth-order valence-corrected chi connectivity index (χ4v) is 2.23. The van der Waals surface area contributed by atoms with E-state index in [1.807, 2.05) is 31.3 Å². The summed E-state index contributed by atoms with van der Waals surface area (Å²) >= 11 is 0. The van der Waals surface area contributed by atoms with Crippen molar-refractivity contribution >= 4 is 5.69 Å². The SMILES string of the molecule is CCCC/C(N)=C(/CCC)N(C)c1cccc(C#N)c1. The van der Waals surface area contributed by atoms with E-state index in [0.717, 1.165) is 43.5 Å². The first-order chi connectivity index (χ1) is 9.63. The molecule has 0 aliphatic rings. The van der Waals surface area contributed by atoms with E-state index in [4.69, 9.17) is 11.0 Å². The second kappa shape index (κ2) is 8.27. The maximum absolute atomic E-state index is 9.01. The lowest BCUT2D eigenvalue weighted by Crippen LogP contribution is -2.21. The molecular formula is C17H25N3. The molecule has 0 saturated heterocycles. The number of rotatable bonds is 7. The van der Waals surface area contributed by atoms with Crippen LogP contribution in [0, 0.1) is 11.3 Å². The zero-order chi connectivity index (χ0) is 15.0. The number of anilines is 1. The first-order valence-electron chi connectivity index (χ1n) is 7.35. The van der Waals surface area contributed by atoms with Gasteiger partial charge in [0.1, 0.15) is 0 Å². The summed E-state index contributed by atoms with van der Waals surface area (Å²) in [7, 11) is 2.03. The first kappa shape index (κ1) is 16.1. The van der Waals surface area contributed by atoms with Crippen molar-refractivity contribution < 1.29 is 0 Å². The molecule has 3 heteroatoms. The molecule has 0 aromatic heterocycles. The Morgan fingerprint density at radius 2 is 2.00 bits per heavy atom. The van der Waals surface area contributed by atoms with Gasteiger partial charge < -0.3 is 10.6 Å². The lowest BCUT2D eigenvalue weighted by Gasteiger charge is -2.25. The molecule has 0 heterocycles. The normalized spacial score (nSPS) is 11.7. The highest BCUT2D eigenvalue weighted by molar-refractivity contribution is 5.55. The third-order valence-electron chi connectivity index (χ3n) is 3.42. The van der Waals surface area contributed by atoms with E-state index >= 15 is 0 Å². The van der Waals surface area contributed by atoms with Crippen LogP contribution in [0.4, 0.5) is 5.69 Å². The minimum atomic E-state index is 0.678. The number of hydrogen-bond donors (Lipinski definition) is 1. The van der Waals surface area contributed by atoms with Crippen molar-refractivity contribution in [3.63, 3.8) is 0 Å². The van der Waals surface area contributed by atoms with Crippen molar-refractivity contribution in [1.29, 1.82) is 5.26 Å². The molecular weight excluding hydrogens is 246 g/mol. The van der Waals surface area contributed by atoms with E-state index in [1.165, 1.54) is 5.70 Å². The third-order valence-corrected chi connectivity index (χ3v) is 3.42. The second-order valence-electron chi connectivity index (χ2n) is 5.05. The summed E-state index contributed by atoms with van der Waals surface area (Å²) in [5, 5.41) is 9.01. The highest BCUT2D eigenvalue weighted by atomic mass is 15.1. The standard InChI is InChI=1S/C17H25N3/c1-4-6-11-16(19)17(8-5-2)20(3)15-10-7-9-14(12-15)13-18/h7,9-10,12H,4-6,8,11,19H2,1-3H3/b17-16+. The van der Waals surface area contributed by atoms with Gasteiger partial charge in [-0.3, -0.25) is 0 Å². The molecule has 0 spiro atoms. The van der Waals surface area contributed by atoms with Crippen molar-refractivity contribution in [3.8, 4) is 6.07 Å². The zero-order valence-corrected chi connectivity index (χ0v) is 12.8. The Hall–Kier alpha value is -1.95. The quantitative estimate of drug-likeness (QED) is 0.810. The summed E-state index contributed by atoms with van der Waals surface area (Å²) < 4.78 is 0. The predicted molar refractivity (Wildman–Crippen MR) is 85.2 cm³/mol. The molecule has 0 amide bonds. The average molecular weight is 271 g/mol. The molecule has 108 valence electrons. The van der Waals surface area contributed by atoms with Gasteiger partial charge in [-0.05, 0) is 37.5 Å². The van der Waals surface area contributed by atoms with Gasteiger partial charge in [0.25, 0.3) is 0 Å². The number of hydrogen-bond acceptors (Lipinski definition) is 3. The van der Waals surface area contributed by atoms with Gasteiger partial charge in [-0.15, -0.1) is 0 Å². The molecule has 1 rings (SSSR count). The van der Waals surface area contributed by atoms with Crippen LogP contribution in [0.15, 0.2) is 35.7 Å². The predicted octanol–water partition coefficient (Wildman–Crippen LogP) is 4.16. The maximum atomic E-state index is 9.01. The molecule has 20 heavy (non-hydrogen) atoms. The molecule has 0 unspecified atom stereocenters. The van der Waals surface area contributed by atoms with Crippen LogP contribution in [0.5, 0.6) is 0 Å². The lowest BCUT2D eigenvalue weighted by atomic mass is 10.1. The van der Waals surface area contributed by atoms with Crippen LogP contribution in [0.2, 0.25) is 0 Å². The van der Waals surface area contributed by atoms with E-state index in [-0.39, 0.29) is 0 Å². The number of nitriles is 1. The molecule has 0 radical (unpaired) electrons. The number of unbranched alkanes of at least 4 members (excludes halogenated alkanes) is 1. The number of benzene rings is 1. The van der Waals surface area contributed by atoms with Gasteiger partial charge >= 0.3 is 0 Å². The van der Waals surface area contributed by atoms with Crippen LogP contribution in [0.1, 0.15) is 51.5 Å². The van der Waals surface area contributed by atoms with Crippen LogP contribution in [0.25, 0.3) is 0 Å². The van der Waals surface area contributed by atoms with E-state index < -0.39 is 0 Å². The Kier molecular flexibility index (Phi) is 6.66.